The topological polar surface area (TPSA) is 86.5 Å². The first kappa shape index (κ1) is 18.7. The van der Waals surface area contributed by atoms with E-state index in [1.165, 1.54) is 30.8 Å². The number of nitro benzene ring substituents is 1. The van der Waals surface area contributed by atoms with E-state index in [9.17, 15) is 19.7 Å². The Labute approximate surface area is 149 Å². The summed E-state index contributed by atoms with van der Waals surface area (Å²) < 4.78 is 5.24. The second-order valence-corrected chi connectivity index (χ2v) is 6.73. The number of carbonyl (C=O) groups excluding carboxylic acids is 2. The zero-order valence-corrected chi connectivity index (χ0v) is 14.6. The van der Waals surface area contributed by atoms with Gasteiger partial charge in [0.05, 0.1) is 4.92 Å². The van der Waals surface area contributed by atoms with Gasteiger partial charge < -0.3 is 4.74 Å². The van der Waals surface area contributed by atoms with Gasteiger partial charge in [-0.2, -0.15) is 0 Å². The molecule has 2 atom stereocenters. The van der Waals surface area contributed by atoms with E-state index in [1.54, 1.807) is 49.4 Å². The van der Waals surface area contributed by atoms with E-state index in [2.05, 4.69) is 0 Å². The Balaban J connectivity index is 1.93. The number of carbonyl (C=O) groups is 2. The Morgan fingerprint density at radius 3 is 2.20 bits per heavy atom. The fourth-order valence-electron chi connectivity index (χ4n) is 2.06. The largest absolute Gasteiger partial charge is 0.453 e. The molecule has 0 aliphatic heterocycles. The van der Waals surface area contributed by atoms with Crippen LogP contribution < -0.4 is 0 Å². The predicted molar refractivity (Wildman–Crippen MR) is 94.7 cm³/mol. The van der Waals surface area contributed by atoms with E-state index < -0.39 is 22.2 Å². The van der Waals surface area contributed by atoms with E-state index in [-0.39, 0.29) is 11.5 Å². The van der Waals surface area contributed by atoms with Crippen molar-refractivity contribution < 1.29 is 19.2 Å². The van der Waals surface area contributed by atoms with Crippen LogP contribution in [-0.2, 0) is 9.53 Å². The van der Waals surface area contributed by atoms with Crippen LogP contribution in [0.2, 0.25) is 0 Å². The summed E-state index contributed by atoms with van der Waals surface area (Å²) in [5.41, 5.74) is 0.472. The summed E-state index contributed by atoms with van der Waals surface area (Å²) in [6.07, 6.45) is -0.880. The highest BCUT2D eigenvalue weighted by atomic mass is 32.2. The van der Waals surface area contributed by atoms with Crippen LogP contribution in [0.25, 0.3) is 0 Å². The van der Waals surface area contributed by atoms with Crippen molar-refractivity contribution in [3.63, 3.8) is 0 Å². The molecule has 7 heteroatoms. The molecule has 2 aromatic carbocycles. The number of thioether (sulfide) groups is 1. The van der Waals surface area contributed by atoms with Gasteiger partial charge in [-0.3, -0.25) is 19.7 Å². The first-order valence-electron chi connectivity index (χ1n) is 7.59. The molecule has 0 N–H and O–H groups in total. The molecule has 25 heavy (non-hydrogen) atoms. The van der Waals surface area contributed by atoms with Gasteiger partial charge in [0.25, 0.3) is 5.69 Å². The molecular formula is C18H17NO5S. The number of ether oxygens (including phenoxy) is 1. The van der Waals surface area contributed by atoms with E-state index in [0.717, 1.165) is 0 Å². The third kappa shape index (κ3) is 5.15. The van der Waals surface area contributed by atoms with Crippen molar-refractivity contribution in [2.45, 2.75) is 30.1 Å². The first-order chi connectivity index (χ1) is 11.9. The summed E-state index contributed by atoms with van der Waals surface area (Å²) in [5, 5.41) is 10.1. The zero-order chi connectivity index (χ0) is 18.4. The molecule has 0 aliphatic carbocycles. The first-order valence-corrected chi connectivity index (χ1v) is 8.47. The Morgan fingerprint density at radius 2 is 1.64 bits per heavy atom. The van der Waals surface area contributed by atoms with Crippen LogP contribution in [0, 0.1) is 10.1 Å². The molecule has 2 rings (SSSR count). The van der Waals surface area contributed by atoms with Crippen LogP contribution in [0.5, 0.6) is 0 Å². The van der Waals surface area contributed by atoms with Crippen molar-refractivity contribution in [2.75, 3.05) is 0 Å². The van der Waals surface area contributed by atoms with Gasteiger partial charge in [0.2, 0.25) is 5.78 Å². The highest BCUT2D eigenvalue weighted by Crippen LogP contribution is 2.26. The SMILES string of the molecule is C[C@@H](OC(=O)[C@@H](C)Sc1ccc([N+](=O)[O-])cc1)C(=O)c1ccccc1. The van der Waals surface area contributed by atoms with Crippen molar-refractivity contribution in [1.82, 2.24) is 0 Å². The van der Waals surface area contributed by atoms with Crippen LogP contribution in [0.1, 0.15) is 24.2 Å². The monoisotopic (exact) mass is 359 g/mol. The van der Waals surface area contributed by atoms with Crippen LogP contribution in [-0.4, -0.2) is 28.0 Å². The summed E-state index contributed by atoms with van der Waals surface area (Å²) >= 11 is 1.21. The molecule has 6 nitrogen and oxygen atoms in total. The van der Waals surface area contributed by atoms with Gasteiger partial charge in [-0.15, -0.1) is 11.8 Å². The van der Waals surface area contributed by atoms with Crippen LogP contribution in [0.15, 0.2) is 59.5 Å². The quantitative estimate of drug-likeness (QED) is 0.245. The fourth-order valence-corrected chi connectivity index (χ4v) is 2.91. The number of rotatable bonds is 7. The van der Waals surface area contributed by atoms with Gasteiger partial charge in [0.15, 0.2) is 6.10 Å². The maximum absolute atomic E-state index is 12.2. The second-order valence-electron chi connectivity index (χ2n) is 5.32. The Bertz CT molecular complexity index is 761. The van der Waals surface area contributed by atoms with Gasteiger partial charge in [-0.1, -0.05) is 30.3 Å². The third-order valence-electron chi connectivity index (χ3n) is 3.41. The standard InChI is InChI=1S/C18H17NO5S/c1-12(17(20)14-6-4-3-5-7-14)24-18(21)13(2)25-16-10-8-15(9-11-16)19(22)23/h3-13H,1-2H3/t12-,13-/m1/s1. The average Bonchev–Trinajstić information content (AvgIpc) is 2.62. The van der Waals surface area contributed by atoms with E-state index in [1.807, 2.05) is 0 Å². The molecule has 2 aromatic rings. The van der Waals surface area contributed by atoms with Gasteiger partial charge in [0.1, 0.15) is 5.25 Å². The zero-order valence-electron chi connectivity index (χ0n) is 13.7. The lowest BCUT2D eigenvalue weighted by Gasteiger charge is -2.16. The van der Waals surface area contributed by atoms with Crippen LogP contribution >= 0.6 is 11.8 Å². The van der Waals surface area contributed by atoms with E-state index in [0.29, 0.717) is 10.5 Å². The molecular weight excluding hydrogens is 342 g/mol. The summed E-state index contributed by atoms with van der Waals surface area (Å²) in [6, 6.07) is 14.5. The lowest BCUT2D eigenvalue weighted by atomic mass is 10.1. The smallest absolute Gasteiger partial charge is 0.319 e. The highest BCUT2D eigenvalue weighted by molar-refractivity contribution is 8.00. The molecule has 0 heterocycles. The summed E-state index contributed by atoms with van der Waals surface area (Å²) in [6.45, 7) is 3.20. The van der Waals surface area contributed by atoms with Crippen LogP contribution in [0.3, 0.4) is 0 Å². The Hall–Kier alpha value is -2.67. The second kappa shape index (κ2) is 8.43. The molecule has 0 fully saturated rings. The van der Waals surface area contributed by atoms with E-state index in [4.69, 9.17) is 4.74 Å². The van der Waals surface area contributed by atoms with Gasteiger partial charge in [-0.05, 0) is 26.0 Å². The number of ketones is 1. The number of Topliss-reactive ketones (excluding diaryl/α,β-unsaturated/α-hetero) is 1. The summed E-state index contributed by atoms with van der Waals surface area (Å²) in [5.74, 6) is -0.776. The van der Waals surface area contributed by atoms with Crippen molar-refractivity contribution >= 4 is 29.2 Å². The lowest BCUT2D eigenvalue weighted by Crippen LogP contribution is -2.28. The molecule has 0 aliphatic rings. The maximum atomic E-state index is 12.2. The molecule has 0 aromatic heterocycles. The number of esters is 1. The van der Waals surface area contributed by atoms with Crippen LogP contribution in [0.4, 0.5) is 5.69 Å². The normalized spacial score (nSPS) is 12.9. The molecule has 0 unspecified atom stereocenters. The van der Waals surface area contributed by atoms with Crippen molar-refractivity contribution in [2.24, 2.45) is 0 Å². The number of nitro groups is 1. The Kier molecular flexibility index (Phi) is 6.30. The number of non-ortho nitro benzene ring substituents is 1. The third-order valence-corrected chi connectivity index (χ3v) is 4.50. The van der Waals surface area contributed by atoms with E-state index >= 15 is 0 Å². The van der Waals surface area contributed by atoms with Crippen molar-refractivity contribution in [3.8, 4) is 0 Å². The maximum Gasteiger partial charge on any atom is 0.319 e. The predicted octanol–water partition coefficient (Wildman–Crippen LogP) is 3.89. The molecule has 0 amide bonds. The molecule has 0 saturated carbocycles. The number of benzene rings is 2. The molecule has 130 valence electrons. The fraction of sp³-hybridized carbons (Fsp3) is 0.222. The summed E-state index contributed by atoms with van der Waals surface area (Å²) in [4.78, 5) is 35.2. The number of nitrogens with zero attached hydrogens (tertiary/aromatic N) is 1. The molecule has 0 spiro atoms. The minimum atomic E-state index is -0.880. The van der Waals surface area contributed by atoms with Gasteiger partial charge >= 0.3 is 5.97 Å². The molecule has 0 bridgehead atoms. The van der Waals surface area contributed by atoms with Gasteiger partial charge in [-0.25, -0.2) is 0 Å². The minimum Gasteiger partial charge on any atom is -0.453 e. The average molecular weight is 359 g/mol. The highest BCUT2D eigenvalue weighted by Gasteiger charge is 2.23. The minimum absolute atomic E-state index is 0.0124. The number of hydrogen-bond donors (Lipinski definition) is 0. The van der Waals surface area contributed by atoms with Gasteiger partial charge in [0, 0.05) is 22.6 Å². The summed E-state index contributed by atoms with van der Waals surface area (Å²) in [7, 11) is 0. The van der Waals surface area contributed by atoms with Crippen molar-refractivity contribution in [3.05, 3.63) is 70.3 Å². The lowest BCUT2D eigenvalue weighted by molar-refractivity contribution is -0.384. The Morgan fingerprint density at radius 1 is 1.04 bits per heavy atom. The van der Waals surface area contributed by atoms with Crippen molar-refractivity contribution in [1.29, 1.82) is 0 Å². The molecule has 0 saturated heterocycles. The number of hydrogen-bond acceptors (Lipinski definition) is 6. The molecule has 0 radical (unpaired) electrons.